The van der Waals surface area contributed by atoms with Gasteiger partial charge >= 0.3 is 5.97 Å². The first-order chi connectivity index (χ1) is 7.99. The number of aliphatic carboxylic acids is 1. The van der Waals surface area contributed by atoms with Crippen LogP contribution in [0.5, 0.6) is 0 Å². The van der Waals surface area contributed by atoms with Gasteiger partial charge in [-0.15, -0.1) is 0 Å². The van der Waals surface area contributed by atoms with Gasteiger partial charge < -0.3 is 5.11 Å². The van der Waals surface area contributed by atoms with Crippen LogP contribution in [0.4, 0.5) is 5.69 Å². The second-order valence-electron chi connectivity index (χ2n) is 3.99. The molecule has 17 heavy (non-hydrogen) atoms. The quantitative estimate of drug-likeness (QED) is 0.370. The molecule has 0 bridgehead atoms. The molecule has 0 amide bonds. The summed E-state index contributed by atoms with van der Waals surface area (Å²) in [4.78, 5) is 33.1. The number of nitrogens with zero attached hydrogens (tertiary/aromatic N) is 1. The summed E-state index contributed by atoms with van der Waals surface area (Å²) in [5.41, 5.74) is -1.91. The summed E-state index contributed by atoms with van der Waals surface area (Å²) < 4.78 is 0. The Hall–Kier alpha value is -2.24. The van der Waals surface area contributed by atoms with Crippen molar-refractivity contribution in [3.05, 3.63) is 39.9 Å². The number of para-hydroxylation sites is 1. The number of nitro groups is 1. The van der Waals surface area contributed by atoms with E-state index in [9.17, 15) is 19.7 Å². The summed E-state index contributed by atoms with van der Waals surface area (Å²) in [6.45, 7) is 0. The normalized spacial score (nSPS) is 16.2. The lowest BCUT2D eigenvalue weighted by molar-refractivity contribution is -0.385. The van der Waals surface area contributed by atoms with E-state index in [0.29, 0.717) is 0 Å². The highest BCUT2D eigenvalue weighted by molar-refractivity contribution is 6.16. The molecule has 6 heteroatoms. The summed E-state index contributed by atoms with van der Waals surface area (Å²) in [5, 5.41) is 19.7. The van der Waals surface area contributed by atoms with E-state index in [-0.39, 0.29) is 24.1 Å². The van der Waals surface area contributed by atoms with Crippen molar-refractivity contribution in [3.8, 4) is 0 Å². The highest BCUT2D eigenvalue weighted by Gasteiger charge is 2.57. The number of carboxylic acids is 1. The van der Waals surface area contributed by atoms with Gasteiger partial charge in [0.25, 0.3) is 5.69 Å². The van der Waals surface area contributed by atoms with Crippen molar-refractivity contribution in [1.82, 2.24) is 0 Å². The van der Waals surface area contributed by atoms with E-state index in [1.807, 2.05) is 0 Å². The Balaban J connectivity index is 2.45. The molecule has 1 aliphatic carbocycles. The third kappa shape index (κ3) is 1.67. The molecule has 88 valence electrons. The Morgan fingerprint density at radius 2 is 1.88 bits per heavy atom. The van der Waals surface area contributed by atoms with Crippen LogP contribution in [0.2, 0.25) is 0 Å². The van der Waals surface area contributed by atoms with Gasteiger partial charge in [-0.05, 0) is 18.9 Å². The molecule has 0 aliphatic heterocycles. The second kappa shape index (κ2) is 3.65. The minimum absolute atomic E-state index is 0.127. The third-order valence-corrected chi connectivity index (χ3v) is 2.94. The molecule has 1 aliphatic rings. The van der Waals surface area contributed by atoms with E-state index in [4.69, 9.17) is 5.11 Å². The van der Waals surface area contributed by atoms with E-state index in [2.05, 4.69) is 0 Å². The van der Waals surface area contributed by atoms with Gasteiger partial charge in [0.15, 0.2) is 5.78 Å². The van der Waals surface area contributed by atoms with Crippen LogP contribution < -0.4 is 0 Å². The summed E-state index contributed by atoms with van der Waals surface area (Å²) in [6, 6.07) is 5.42. The predicted octanol–water partition coefficient (Wildman–Crippen LogP) is 1.64. The monoisotopic (exact) mass is 235 g/mol. The molecule has 0 saturated heterocycles. The van der Waals surface area contributed by atoms with Crippen LogP contribution in [0.15, 0.2) is 24.3 Å². The molecule has 0 heterocycles. The average molecular weight is 235 g/mol. The number of ketones is 1. The van der Waals surface area contributed by atoms with Crippen molar-refractivity contribution in [1.29, 1.82) is 0 Å². The van der Waals surface area contributed by atoms with Crippen LogP contribution in [0.3, 0.4) is 0 Å². The number of hydrogen-bond acceptors (Lipinski definition) is 4. The smallest absolute Gasteiger partial charge is 0.317 e. The van der Waals surface area contributed by atoms with Crippen molar-refractivity contribution >= 4 is 17.4 Å². The second-order valence-corrected chi connectivity index (χ2v) is 3.99. The fourth-order valence-electron chi connectivity index (χ4n) is 1.75. The molecule has 1 saturated carbocycles. The van der Waals surface area contributed by atoms with Gasteiger partial charge in [0, 0.05) is 6.07 Å². The zero-order valence-electron chi connectivity index (χ0n) is 8.75. The summed E-state index contributed by atoms with van der Waals surface area (Å²) in [7, 11) is 0. The van der Waals surface area contributed by atoms with Gasteiger partial charge in [0.2, 0.25) is 0 Å². The van der Waals surface area contributed by atoms with Crippen LogP contribution in [0.25, 0.3) is 0 Å². The number of benzene rings is 1. The maximum atomic E-state index is 12.0. The molecular formula is C11H9NO5. The van der Waals surface area contributed by atoms with E-state index < -0.39 is 22.1 Å². The van der Waals surface area contributed by atoms with Gasteiger partial charge in [0.05, 0.1) is 10.5 Å². The zero-order chi connectivity index (χ0) is 12.6. The van der Waals surface area contributed by atoms with Crippen LogP contribution in [0.1, 0.15) is 23.2 Å². The van der Waals surface area contributed by atoms with E-state index in [0.717, 1.165) is 0 Å². The standard InChI is InChI=1S/C11H9NO5/c13-9(11(5-6-11)10(14)15)7-3-1-2-4-8(7)12(16)17/h1-4H,5-6H2,(H,14,15). The summed E-state index contributed by atoms with van der Waals surface area (Å²) in [5.74, 6) is -1.88. The summed E-state index contributed by atoms with van der Waals surface area (Å²) in [6.07, 6.45) is 0.487. The number of nitro benzene ring substituents is 1. The molecule has 6 nitrogen and oxygen atoms in total. The van der Waals surface area contributed by atoms with Crippen molar-refractivity contribution in [2.24, 2.45) is 5.41 Å². The van der Waals surface area contributed by atoms with Crippen molar-refractivity contribution in [3.63, 3.8) is 0 Å². The summed E-state index contributed by atoms with van der Waals surface area (Å²) >= 11 is 0. The molecule has 0 spiro atoms. The Bertz CT molecular complexity index is 518. The largest absolute Gasteiger partial charge is 0.480 e. The van der Waals surface area contributed by atoms with E-state index >= 15 is 0 Å². The van der Waals surface area contributed by atoms with Crippen LogP contribution in [0, 0.1) is 15.5 Å². The molecular weight excluding hydrogens is 226 g/mol. The Kier molecular flexibility index (Phi) is 2.42. The van der Waals surface area contributed by atoms with Crippen molar-refractivity contribution in [2.45, 2.75) is 12.8 Å². The third-order valence-electron chi connectivity index (χ3n) is 2.94. The van der Waals surface area contributed by atoms with Gasteiger partial charge in [-0.1, -0.05) is 12.1 Å². The van der Waals surface area contributed by atoms with Crippen molar-refractivity contribution < 1.29 is 19.6 Å². The highest BCUT2D eigenvalue weighted by atomic mass is 16.6. The molecule has 0 radical (unpaired) electrons. The first-order valence-electron chi connectivity index (χ1n) is 5.01. The zero-order valence-corrected chi connectivity index (χ0v) is 8.75. The molecule has 2 rings (SSSR count). The first kappa shape index (κ1) is 11.3. The fourth-order valence-corrected chi connectivity index (χ4v) is 1.75. The molecule has 0 aromatic heterocycles. The van der Waals surface area contributed by atoms with Gasteiger partial charge in [-0.3, -0.25) is 19.7 Å². The topological polar surface area (TPSA) is 97.5 Å². The first-order valence-corrected chi connectivity index (χ1v) is 5.01. The SMILES string of the molecule is O=C(O)C1(C(=O)c2ccccc2[N+](=O)[O-])CC1. The highest BCUT2D eigenvalue weighted by Crippen LogP contribution is 2.49. The maximum Gasteiger partial charge on any atom is 0.317 e. The Morgan fingerprint density at radius 1 is 1.29 bits per heavy atom. The minimum Gasteiger partial charge on any atom is -0.480 e. The fraction of sp³-hybridized carbons (Fsp3) is 0.273. The lowest BCUT2D eigenvalue weighted by atomic mass is 9.94. The number of hydrogen-bond donors (Lipinski definition) is 1. The molecule has 1 fully saturated rings. The minimum atomic E-state index is -1.44. The number of rotatable bonds is 4. The van der Waals surface area contributed by atoms with Gasteiger partial charge in [-0.2, -0.15) is 0 Å². The lowest BCUT2D eigenvalue weighted by Gasteiger charge is -2.08. The number of Topliss-reactive ketones (excluding diaryl/α,β-unsaturated/α-hetero) is 1. The molecule has 1 aromatic carbocycles. The van der Waals surface area contributed by atoms with Gasteiger partial charge in [0.1, 0.15) is 5.41 Å². The van der Waals surface area contributed by atoms with E-state index in [1.54, 1.807) is 0 Å². The Morgan fingerprint density at radius 3 is 2.35 bits per heavy atom. The molecule has 1 aromatic rings. The number of carboxylic acid groups (broad SMARTS) is 1. The van der Waals surface area contributed by atoms with Crippen LogP contribution in [-0.4, -0.2) is 21.8 Å². The Labute approximate surface area is 96.0 Å². The van der Waals surface area contributed by atoms with Gasteiger partial charge in [-0.25, -0.2) is 0 Å². The molecule has 0 unspecified atom stereocenters. The number of carbonyl (C=O) groups is 2. The maximum absolute atomic E-state index is 12.0. The van der Waals surface area contributed by atoms with E-state index in [1.165, 1.54) is 24.3 Å². The number of carbonyl (C=O) groups excluding carboxylic acids is 1. The molecule has 0 atom stereocenters. The molecule has 1 N–H and O–H groups in total. The van der Waals surface area contributed by atoms with Crippen LogP contribution in [-0.2, 0) is 4.79 Å². The average Bonchev–Trinajstić information content (AvgIpc) is 3.09. The predicted molar refractivity (Wildman–Crippen MR) is 56.7 cm³/mol. The lowest BCUT2D eigenvalue weighted by Crippen LogP contribution is -2.26. The van der Waals surface area contributed by atoms with Crippen LogP contribution >= 0.6 is 0 Å². The van der Waals surface area contributed by atoms with Crippen molar-refractivity contribution in [2.75, 3.05) is 0 Å².